The lowest BCUT2D eigenvalue weighted by Gasteiger charge is -2.01. The molecule has 0 atom stereocenters. The Morgan fingerprint density at radius 1 is 0.667 bits per heavy atom. The van der Waals surface area contributed by atoms with Crippen LogP contribution in [-0.2, 0) is 6.54 Å². The van der Waals surface area contributed by atoms with Crippen LogP contribution in [0.25, 0.3) is 11.1 Å². The van der Waals surface area contributed by atoms with E-state index in [0.29, 0.717) is 12.1 Å². The summed E-state index contributed by atoms with van der Waals surface area (Å²) in [6.45, 7) is 0.640. The van der Waals surface area contributed by atoms with Crippen molar-refractivity contribution in [3.63, 3.8) is 0 Å². The SMILES string of the molecule is Fc1ccccc1-c1ccccc1.NCc1ccccc1. The highest BCUT2D eigenvalue weighted by Gasteiger charge is 2.01. The van der Waals surface area contributed by atoms with E-state index in [1.165, 1.54) is 11.6 Å². The van der Waals surface area contributed by atoms with Crippen LogP contribution in [0.15, 0.2) is 84.9 Å². The topological polar surface area (TPSA) is 26.0 Å². The van der Waals surface area contributed by atoms with Gasteiger partial charge in [0.2, 0.25) is 0 Å². The molecule has 2 heteroatoms. The third-order valence-corrected chi connectivity index (χ3v) is 3.04. The van der Waals surface area contributed by atoms with Crippen molar-refractivity contribution >= 4 is 0 Å². The van der Waals surface area contributed by atoms with Gasteiger partial charge in [0.15, 0.2) is 0 Å². The molecule has 0 spiro atoms. The number of hydrogen-bond acceptors (Lipinski definition) is 1. The number of halogens is 1. The molecule has 1 nitrogen and oxygen atoms in total. The number of hydrogen-bond donors (Lipinski definition) is 1. The largest absolute Gasteiger partial charge is 0.326 e. The van der Waals surface area contributed by atoms with Crippen LogP contribution in [0, 0.1) is 5.82 Å². The van der Waals surface area contributed by atoms with E-state index >= 15 is 0 Å². The summed E-state index contributed by atoms with van der Waals surface area (Å²) in [5, 5.41) is 0. The Hall–Kier alpha value is -2.45. The van der Waals surface area contributed by atoms with Gasteiger partial charge in [-0.3, -0.25) is 0 Å². The maximum absolute atomic E-state index is 13.3. The van der Waals surface area contributed by atoms with Crippen LogP contribution in [0.3, 0.4) is 0 Å². The predicted octanol–water partition coefficient (Wildman–Crippen LogP) is 4.64. The lowest BCUT2D eigenvalue weighted by Crippen LogP contribution is -1.94. The van der Waals surface area contributed by atoms with Crippen LogP contribution in [0.2, 0.25) is 0 Å². The van der Waals surface area contributed by atoms with Crippen LogP contribution in [0.5, 0.6) is 0 Å². The van der Waals surface area contributed by atoms with E-state index in [-0.39, 0.29) is 5.82 Å². The molecule has 0 amide bonds. The third-order valence-electron chi connectivity index (χ3n) is 3.04. The predicted molar refractivity (Wildman–Crippen MR) is 86.2 cm³/mol. The summed E-state index contributed by atoms with van der Waals surface area (Å²) < 4.78 is 13.3. The van der Waals surface area contributed by atoms with Crippen LogP contribution >= 0.6 is 0 Å². The Bertz CT molecular complexity index is 651. The first-order chi connectivity index (χ1) is 10.3. The van der Waals surface area contributed by atoms with E-state index in [1.54, 1.807) is 12.1 Å². The normalized spacial score (nSPS) is 9.62. The lowest BCUT2D eigenvalue weighted by atomic mass is 10.1. The van der Waals surface area contributed by atoms with Crippen LogP contribution in [0.4, 0.5) is 4.39 Å². The fraction of sp³-hybridized carbons (Fsp3) is 0.0526. The van der Waals surface area contributed by atoms with Crippen molar-refractivity contribution in [3.8, 4) is 11.1 Å². The van der Waals surface area contributed by atoms with Crippen LogP contribution < -0.4 is 5.73 Å². The highest BCUT2D eigenvalue weighted by molar-refractivity contribution is 5.63. The van der Waals surface area contributed by atoms with E-state index in [1.807, 2.05) is 66.7 Å². The zero-order chi connectivity index (χ0) is 14.9. The number of benzene rings is 3. The molecular weight excluding hydrogens is 261 g/mol. The Labute approximate surface area is 124 Å². The quantitative estimate of drug-likeness (QED) is 0.726. The summed E-state index contributed by atoms with van der Waals surface area (Å²) in [4.78, 5) is 0. The van der Waals surface area contributed by atoms with Crippen molar-refractivity contribution in [1.29, 1.82) is 0 Å². The third kappa shape index (κ3) is 4.55. The molecular formula is C19H18FN. The number of nitrogens with two attached hydrogens (primary N) is 1. The second-order valence-corrected chi connectivity index (χ2v) is 4.54. The maximum atomic E-state index is 13.3. The molecule has 0 aliphatic rings. The zero-order valence-corrected chi connectivity index (χ0v) is 11.7. The van der Waals surface area contributed by atoms with Gasteiger partial charge in [0.05, 0.1) is 0 Å². The molecule has 2 N–H and O–H groups in total. The van der Waals surface area contributed by atoms with Crippen molar-refractivity contribution in [1.82, 2.24) is 0 Å². The first-order valence-electron chi connectivity index (χ1n) is 6.85. The molecule has 3 aromatic carbocycles. The molecule has 0 bridgehead atoms. The van der Waals surface area contributed by atoms with Crippen molar-refractivity contribution < 1.29 is 4.39 Å². The summed E-state index contributed by atoms with van der Waals surface area (Å²) in [7, 11) is 0. The van der Waals surface area contributed by atoms with Crippen molar-refractivity contribution in [2.75, 3.05) is 0 Å². The molecule has 21 heavy (non-hydrogen) atoms. The van der Waals surface area contributed by atoms with Crippen LogP contribution in [0.1, 0.15) is 5.56 Å². The van der Waals surface area contributed by atoms with E-state index in [0.717, 1.165) is 5.56 Å². The van der Waals surface area contributed by atoms with Gasteiger partial charge >= 0.3 is 0 Å². The van der Waals surface area contributed by atoms with Crippen molar-refractivity contribution in [2.45, 2.75) is 6.54 Å². The minimum atomic E-state index is -0.172. The lowest BCUT2D eigenvalue weighted by molar-refractivity contribution is 0.631. The first kappa shape index (κ1) is 14.9. The van der Waals surface area contributed by atoms with E-state index in [4.69, 9.17) is 5.73 Å². The van der Waals surface area contributed by atoms with E-state index < -0.39 is 0 Å². The first-order valence-corrected chi connectivity index (χ1v) is 6.85. The molecule has 0 fully saturated rings. The van der Waals surface area contributed by atoms with Gasteiger partial charge < -0.3 is 5.73 Å². The molecule has 3 aromatic rings. The van der Waals surface area contributed by atoms with Gasteiger partial charge in [0, 0.05) is 12.1 Å². The molecule has 0 aromatic heterocycles. The summed E-state index contributed by atoms with van der Waals surface area (Å²) in [5.41, 5.74) is 8.11. The molecule has 0 heterocycles. The van der Waals surface area contributed by atoms with Gasteiger partial charge in [0.1, 0.15) is 5.82 Å². The highest BCUT2D eigenvalue weighted by Crippen LogP contribution is 2.21. The summed E-state index contributed by atoms with van der Waals surface area (Å²) in [5.74, 6) is -0.172. The summed E-state index contributed by atoms with van der Waals surface area (Å²) in [6.07, 6.45) is 0. The molecule has 0 radical (unpaired) electrons. The Balaban J connectivity index is 0.000000173. The molecule has 3 rings (SSSR count). The molecule has 0 aliphatic carbocycles. The second kappa shape index (κ2) is 7.98. The monoisotopic (exact) mass is 279 g/mol. The average Bonchev–Trinajstić information content (AvgIpc) is 2.57. The minimum Gasteiger partial charge on any atom is -0.326 e. The Morgan fingerprint density at radius 2 is 1.19 bits per heavy atom. The Morgan fingerprint density at radius 3 is 1.71 bits per heavy atom. The summed E-state index contributed by atoms with van der Waals surface area (Å²) >= 11 is 0. The molecule has 0 aliphatic heterocycles. The maximum Gasteiger partial charge on any atom is 0.131 e. The van der Waals surface area contributed by atoms with Crippen LogP contribution in [-0.4, -0.2) is 0 Å². The Kier molecular flexibility index (Phi) is 5.68. The van der Waals surface area contributed by atoms with E-state index in [2.05, 4.69) is 0 Å². The average molecular weight is 279 g/mol. The minimum absolute atomic E-state index is 0.172. The smallest absolute Gasteiger partial charge is 0.131 e. The van der Waals surface area contributed by atoms with Gasteiger partial charge in [0.25, 0.3) is 0 Å². The van der Waals surface area contributed by atoms with Crippen molar-refractivity contribution in [3.05, 3.63) is 96.3 Å². The fourth-order valence-electron chi connectivity index (χ4n) is 1.93. The van der Waals surface area contributed by atoms with Gasteiger partial charge in [-0.15, -0.1) is 0 Å². The standard InChI is InChI=1S/C12H9F.C7H9N/c13-12-9-5-4-8-11(12)10-6-2-1-3-7-10;8-6-7-4-2-1-3-5-7/h1-9H;1-5H,6,8H2. The van der Waals surface area contributed by atoms with Gasteiger partial charge in [-0.2, -0.15) is 0 Å². The number of rotatable bonds is 2. The van der Waals surface area contributed by atoms with Gasteiger partial charge in [-0.05, 0) is 17.2 Å². The molecule has 0 saturated heterocycles. The fourth-order valence-corrected chi connectivity index (χ4v) is 1.93. The molecule has 106 valence electrons. The summed E-state index contributed by atoms with van der Waals surface area (Å²) in [6, 6.07) is 26.3. The van der Waals surface area contributed by atoms with Gasteiger partial charge in [-0.25, -0.2) is 4.39 Å². The molecule has 0 saturated carbocycles. The van der Waals surface area contributed by atoms with Crippen molar-refractivity contribution in [2.24, 2.45) is 5.73 Å². The second-order valence-electron chi connectivity index (χ2n) is 4.54. The van der Waals surface area contributed by atoms with E-state index in [9.17, 15) is 4.39 Å². The van der Waals surface area contributed by atoms with Gasteiger partial charge in [-0.1, -0.05) is 78.9 Å². The zero-order valence-electron chi connectivity index (χ0n) is 11.7. The molecule has 0 unspecified atom stereocenters. The highest BCUT2D eigenvalue weighted by atomic mass is 19.1.